The predicted octanol–water partition coefficient (Wildman–Crippen LogP) is 4.46. The van der Waals surface area contributed by atoms with Gasteiger partial charge in [0, 0.05) is 16.0 Å². The van der Waals surface area contributed by atoms with Crippen molar-refractivity contribution in [1.29, 1.82) is 0 Å². The van der Waals surface area contributed by atoms with E-state index < -0.39 is 0 Å². The number of aromatic amines is 1. The van der Waals surface area contributed by atoms with Gasteiger partial charge in [-0.1, -0.05) is 15.9 Å². The van der Waals surface area contributed by atoms with Gasteiger partial charge in [-0.3, -0.25) is 4.79 Å². The van der Waals surface area contributed by atoms with Crippen LogP contribution in [-0.2, 0) is 0 Å². The van der Waals surface area contributed by atoms with Gasteiger partial charge in [0.05, 0.1) is 5.69 Å². The standard InChI is InChI=1S/C15H14Br2N2O/c1-7-5-10(6-8(2)11(7)16)14-18-13(9-3-4-9)12(17)15(20)19-14/h5-6,9H,3-4H2,1-2H3,(H,18,19,20). The molecule has 1 aromatic carbocycles. The Morgan fingerprint density at radius 1 is 1.15 bits per heavy atom. The lowest BCUT2D eigenvalue weighted by molar-refractivity contribution is 0.959. The van der Waals surface area contributed by atoms with E-state index in [1.807, 2.05) is 26.0 Å². The second-order valence-corrected chi connectivity index (χ2v) is 6.90. The molecule has 0 saturated heterocycles. The first kappa shape index (κ1) is 14.0. The first-order chi connectivity index (χ1) is 9.47. The Kier molecular flexibility index (Phi) is 3.58. The molecule has 0 radical (unpaired) electrons. The summed E-state index contributed by atoms with van der Waals surface area (Å²) in [4.78, 5) is 19.6. The van der Waals surface area contributed by atoms with Gasteiger partial charge in [0.15, 0.2) is 0 Å². The third-order valence-corrected chi connectivity index (χ3v) is 5.58. The molecule has 1 aromatic heterocycles. The number of hydrogen-bond donors (Lipinski definition) is 1. The van der Waals surface area contributed by atoms with E-state index in [1.165, 1.54) is 0 Å². The molecule has 0 amide bonds. The van der Waals surface area contributed by atoms with Crippen LogP contribution in [0.4, 0.5) is 0 Å². The molecule has 3 rings (SSSR count). The van der Waals surface area contributed by atoms with E-state index in [2.05, 4.69) is 41.8 Å². The zero-order chi connectivity index (χ0) is 14.4. The molecule has 0 unspecified atom stereocenters. The van der Waals surface area contributed by atoms with Gasteiger partial charge in [0.25, 0.3) is 5.56 Å². The molecule has 1 aliphatic carbocycles. The quantitative estimate of drug-likeness (QED) is 0.813. The minimum Gasteiger partial charge on any atom is -0.306 e. The summed E-state index contributed by atoms with van der Waals surface area (Å²) in [6.45, 7) is 4.08. The van der Waals surface area contributed by atoms with Crippen LogP contribution in [0.5, 0.6) is 0 Å². The zero-order valence-electron chi connectivity index (χ0n) is 11.3. The van der Waals surface area contributed by atoms with Gasteiger partial charge in [-0.05, 0) is 65.9 Å². The Morgan fingerprint density at radius 3 is 2.30 bits per heavy atom. The summed E-state index contributed by atoms with van der Waals surface area (Å²) < 4.78 is 1.68. The largest absolute Gasteiger partial charge is 0.306 e. The van der Waals surface area contributed by atoms with E-state index in [0.29, 0.717) is 16.2 Å². The molecule has 104 valence electrons. The van der Waals surface area contributed by atoms with Gasteiger partial charge < -0.3 is 4.98 Å². The van der Waals surface area contributed by atoms with Crippen LogP contribution in [0.1, 0.15) is 35.6 Å². The Balaban J connectivity index is 2.17. The number of benzene rings is 1. The van der Waals surface area contributed by atoms with Crippen LogP contribution in [0.2, 0.25) is 0 Å². The normalized spacial score (nSPS) is 14.6. The van der Waals surface area contributed by atoms with Gasteiger partial charge in [0.2, 0.25) is 0 Å². The third-order valence-electron chi connectivity index (χ3n) is 3.56. The highest BCUT2D eigenvalue weighted by atomic mass is 79.9. The summed E-state index contributed by atoms with van der Waals surface area (Å²) in [7, 11) is 0. The first-order valence-corrected chi connectivity index (χ1v) is 8.13. The minimum absolute atomic E-state index is 0.102. The average Bonchev–Trinajstić information content (AvgIpc) is 3.22. The lowest BCUT2D eigenvalue weighted by atomic mass is 10.1. The molecule has 0 aliphatic heterocycles. The highest BCUT2D eigenvalue weighted by Crippen LogP contribution is 2.41. The summed E-state index contributed by atoms with van der Waals surface area (Å²) in [5.41, 5.74) is 4.02. The van der Waals surface area contributed by atoms with E-state index in [1.54, 1.807) is 0 Å². The van der Waals surface area contributed by atoms with Crippen LogP contribution in [0.15, 0.2) is 25.9 Å². The topological polar surface area (TPSA) is 45.8 Å². The summed E-state index contributed by atoms with van der Waals surface area (Å²) in [6, 6.07) is 4.08. The van der Waals surface area contributed by atoms with Crippen molar-refractivity contribution in [3.05, 3.63) is 48.3 Å². The summed E-state index contributed by atoms with van der Waals surface area (Å²) >= 11 is 6.91. The molecule has 0 atom stereocenters. The highest BCUT2D eigenvalue weighted by molar-refractivity contribution is 9.10. The van der Waals surface area contributed by atoms with E-state index in [-0.39, 0.29) is 5.56 Å². The second kappa shape index (κ2) is 5.11. The van der Waals surface area contributed by atoms with Crippen molar-refractivity contribution in [2.75, 3.05) is 0 Å². The Bertz CT molecular complexity index is 725. The molecule has 0 bridgehead atoms. The van der Waals surface area contributed by atoms with Gasteiger partial charge in [-0.15, -0.1) is 0 Å². The monoisotopic (exact) mass is 396 g/mol. The Hall–Kier alpha value is -0.940. The van der Waals surface area contributed by atoms with Crippen molar-refractivity contribution < 1.29 is 0 Å². The molecule has 5 heteroatoms. The van der Waals surface area contributed by atoms with E-state index in [9.17, 15) is 4.79 Å². The second-order valence-electron chi connectivity index (χ2n) is 5.31. The van der Waals surface area contributed by atoms with Crippen LogP contribution in [-0.4, -0.2) is 9.97 Å². The van der Waals surface area contributed by atoms with Crippen LogP contribution >= 0.6 is 31.9 Å². The SMILES string of the molecule is Cc1cc(-c2nc(C3CC3)c(Br)c(=O)[nH]2)cc(C)c1Br. The first-order valence-electron chi connectivity index (χ1n) is 6.54. The maximum atomic E-state index is 12.1. The fourth-order valence-corrected chi connectivity index (χ4v) is 3.06. The number of hydrogen-bond acceptors (Lipinski definition) is 2. The molecule has 20 heavy (non-hydrogen) atoms. The fourth-order valence-electron chi connectivity index (χ4n) is 2.32. The lowest BCUT2D eigenvalue weighted by Gasteiger charge is -2.09. The maximum absolute atomic E-state index is 12.1. The van der Waals surface area contributed by atoms with Crippen molar-refractivity contribution >= 4 is 31.9 Å². The van der Waals surface area contributed by atoms with E-state index in [4.69, 9.17) is 0 Å². The smallest absolute Gasteiger partial charge is 0.265 e. The minimum atomic E-state index is -0.102. The van der Waals surface area contributed by atoms with Crippen molar-refractivity contribution in [2.45, 2.75) is 32.6 Å². The highest BCUT2D eigenvalue weighted by Gasteiger charge is 2.29. The van der Waals surface area contributed by atoms with Crippen LogP contribution in [0.25, 0.3) is 11.4 Å². The molecular weight excluding hydrogens is 384 g/mol. The third kappa shape index (κ3) is 2.49. The van der Waals surface area contributed by atoms with Crippen LogP contribution in [0, 0.1) is 13.8 Å². The molecule has 1 aliphatic rings. The number of aromatic nitrogens is 2. The molecule has 1 saturated carbocycles. The molecule has 0 spiro atoms. The zero-order valence-corrected chi connectivity index (χ0v) is 14.4. The Morgan fingerprint density at radius 2 is 1.75 bits per heavy atom. The molecule has 2 aromatic rings. The summed E-state index contributed by atoms with van der Waals surface area (Å²) in [5.74, 6) is 1.09. The number of nitrogens with zero attached hydrogens (tertiary/aromatic N) is 1. The van der Waals surface area contributed by atoms with Crippen molar-refractivity contribution in [3.63, 3.8) is 0 Å². The fraction of sp³-hybridized carbons (Fsp3) is 0.333. The predicted molar refractivity (Wildman–Crippen MR) is 87.1 cm³/mol. The van der Waals surface area contributed by atoms with Gasteiger partial charge in [0.1, 0.15) is 10.3 Å². The number of H-pyrrole nitrogens is 1. The molecule has 1 N–H and O–H groups in total. The van der Waals surface area contributed by atoms with Gasteiger partial charge in [-0.25, -0.2) is 4.98 Å². The number of aryl methyl sites for hydroxylation is 2. The molecule has 3 nitrogen and oxygen atoms in total. The number of halogens is 2. The van der Waals surface area contributed by atoms with E-state index in [0.717, 1.165) is 39.7 Å². The average molecular weight is 398 g/mol. The van der Waals surface area contributed by atoms with Crippen LogP contribution in [0.3, 0.4) is 0 Å². The number of nitrogens with one attached hydrogen (secondary N) is 1. The van der Waals surface area contributed by atoms with Crippen molar-refractivity contribution in [1.82, 2.24) is 9.97 Å². The van der Waals surface area contributed by atoms with Crippen molar-refractivity contribution in [3.8, 4) is 11.4 Å². The Labute approximate surface area is 134 Å². The van der Waals surface area contributed by atoms with Crippen molar-refractivity contribution in [2.24, 2.45) is 0 Å². The van der Waals surface area contributed by atoms with Gasteiger partial charge >= 0.3 is 0 Å². The lowest BCUT2D eigenvalue weighted by Crippen LogP contribution is -2.13. The maximum Gasteiger partial charge on any atom is 0.265 e. The summed E-state index contributed by atoms with van der Waals surface area (Å²) in [5, 5.41) is 0. The van der Waals surface area contributed by atoms with Crippen LogP contribution < -0.4 is 5.56 Å². The molecular formula is C15H14Br2N2O. The van der Waals surface area contributed by atoms with Gasteiger partial charge in [-0.2, -0.15) is 0 Å². The molecule has 1 fully saturated rings. The summed E-state index contributed by atoms with van der Waals surface area (Å²) in [6.07, 6.45) is 2.24. The number of rotatable bonds is 2. The van der Waals surface area contributed by atoms with E-state index >= 15 is 0 Å². The molecule has 1 heterocycles.